The number of nitrogens with zero attached hydrogens (tertiary/aromatic N) is 1. The van der Waals surface area contributed by atoms with Crippen molar-refractivity contribution in [1.29, 1.82) is 0 Å². The van der Waals surface area contributed by atoms with Crippen LogP contribution in [0.3, 0.4) is 0 Å². The number of hydrogen-bond donors (Lipinski definition) is 0. The molecule has 26 heavy (non-hydrogen) atoms. The van der Waals surface area contributed by atoms with Gasteiger partial charge in [-0.2, -0.15) is 0 Å². The molecule has 1 heterocycles. The molecule has 0 saturated carbocycles. The molecule has 0 fully saturated rings. The molecule has 2 aromatic carbocycles. The van der Waals surface area contributed by atoms with Crippen LogP contribution in [0.15, 0.2) is 72.9 Å². The maximum Gasteiger partial charge on any atom is 0.137 e. The van der Waals surface area contributed by atoms with Gasteiger partial charge in [0, 0.05) is 24.5 Å². The van der Waals surface area contributed by atoms with E-state index in [2.05, 4.69) is 29.2 Å². The van der Waals surface area contributed by atoms with Crippen LogP contribution in [0.2, 0.25) is 0 Å². The Bertz CT molecular complexity index is 840. The van der Waals surface area contributed by atoms with Crippen LogP contribution < -0.4 is 4.74 Å². The van der Waals surface area contributed by atoms with Crippen molar-refractivity contribution < 1.29 is 9.53 Å². The van der Waals surface area contributed by atoms with Gasteiger partial charge in [0.05, 0.1) is 13.3 Å². The first-order valence-corrected chi connectivity index (χ1v) is 8.81. The number of hydrogen-bond acceptors (Lipinski definition) is 3. The molecule has 0 saturated heterocycles. The first kappa shape index (κ1) is 17.9. The smallest absolute Gasteiger partial charge is 0.137 e. The van der Waals surface area contributed by atoms with Crippen molar-refractivity contribution in [1.82, 2.24) is 4.98 Å². The predicted octanol–water partition coefficient (Wildman–Crippen LogP) is 5.06. The Morgan fingerprint density at radius 1 is 0.962 bits per heavy atom. The van der Waals surface area contributed by atoms with Gasteiger partial charge in [-0.25, -0.2) is 0 Å². The number of benzene rings is 2. The summed E-state index contributed by atoms with van der Waals surface area (Å²) in [5.74, 6) is 1.05. The van der Waals surface area contributed by atoms with Crippen molar-refractivity contribution in [2.45, 2.75) is 25.7 Å². The SMILES string of the molecule is COc1ccc([C@@H](C)CC(=O)Cc2ccc(-c3ccccc3)cc2)nc1. The number of carbonyl (C=O) groups excluding carboxylic acids is 1. The first-order chi connectivity index (χ1) is 12.7. The minimum atomic E-state index is 0.0944. The number of pyridine rings is 1. The Hall–Kier alpha value is -2.94. The minimum Gasteiger partial charge on any atom is -0.495 e. The summed E-state index contributed by atoms with van der Waals surface area (Å²) < 4.78 is 5.12. The van der Waals surface area contributed by atoms with Crippen molar-refractivity contribution in [2.24, 2.45) is 0 Å². The highest BCUT2D eigenvalue weighted by Gasteiger charge is 2.13. The minimum absolute atomic E-state index is 0.0944. The average Bonchev–Trinajstić information content (AvgIpc) is 2.69. The van der Waals surface area contributed by atoms with Gasteiger partial charge in [-0.1, -0.05) is 61.5 Å². The summed E-state index contributed by atoms with van der Waals surface area (Å²) in [6, 6.07) is 22.3. The topological polar surface area (TPSA) is 39.2 Å². The van der Waals surface area contributed by atoms with Crippen LogP contribution >= 0.6 is 0 Å². The van der Waals surface area contributed by atoms with E-state index in [1.54, 1.807) is 13.3 Å². The van der Waals surface area contributed by atoms with Gasteiger partial charge >= 0.3 is 0 Å². The van der Waals surface area contributed by atoms with E-state index in [9.17, 15) is 4.79 Å². The lowest BCUT2D eigenvalue weighted by molar-refractivity contribution is -0.118. The van der Waals surface area contributed by atoms with Gasteiger partial charge < -0.3 is 4.74 Å². The summed E-state index contributed by atoms with van der Waals surface area (Å²) in [5.41, 5.74) is 4.31. The van der Waals surface area contributed by atoms with E-state index in [1.165, 1.54) is 5.56 Å². The largest absolute Gasteiger partial charge is 0.495 e. The normalized spacial score (nSPS) is 11.8. The van der Waals surface area contributed by atoms with Gasteiger partial charge in [0.1, 0.15) is 11.5 Å². The van der Waals surface area contributed by atoms with E-state index in [-0.39, 0.29) is 11.7 Å². The Morgan fingerprint density at radius 2 is 1.65 bits per heavy atom. The third-order valence-corrected chi connectivity index (χ3v) is 4.50. The maximum atomic E-state index is 12.4. The fourth-order valence-corrected chi connectivity index (χ4v) is 3.00. The highest BCUT2D eigenvalue weighted by molar-refractivity contribution is 5.81. The molecular formula is C23H23NO2. The number of methoxy groups -OCH3 is 1. The lowest BCUT2D eigenvalue weighted by atomic mass is 9.96. The zero-order chi connectivity index (χ0) is 18.4. The molecular weight excluding hydrogens is 322 g/mol. The molecule has 0 bridgehead atoms. The number of ether oxygens (including phenoxy) is 1. The summed E-state index contributed by atoms with van der Waals surface area (Å²) in [6.45, 7) is 2.03. The monoisotopic (exact) mass is 345 g/mol. The summed E-state index contributed by atoms with van der Waals surface area (Å²) in [5, 5.41) is 0. The van der Waals surface area contributed by atoms with Crippen molar-refractivity contribution in [3.8, 4) is 16.9 Å². The number of Topliss-reactive ketones (excluding diaryl/α,β-unsaturated/α-hetero) is 1. The highest BCUT2D eigenvalue weighted by Crippen LogP contribution is 2.22. The molecule has 0 spiro atoms. The maximum absolute atomic E-state index is 12.4. The predicted molar refractivity (Wildman–Crippen MR) is 104 cm³/mol. The Labute approximate surface area is 154 Å². The quantitative estimate of drug-likeness (QED) is 0.600. The fourth-order valence-electron chi connectivity index (χ4n) is 3.00. The number of aromatic nitrogens is 1. The summed E-state index contributed by atoms with van der Waals surface area (Å²) in [4.78, 5) is 16.8. The van der Waals surface area contributed by atoms with Crippen LogP contribution in [-0.2, 0) is 11.2 Å². The third-order valence-electron chi connectivity index (χ3n) is 4.50. The molecule has 0 N–H and O–H groups in total. The second-order valence-corrected chi connectivity index (χ2v) is 6.51. The van der Waals surface area contributed by atoms with Gasteiger partial charge in [0.2, 0.25) is 0 Å². The molecule has 1 atom stereocenters. The molecule has 1 aromatic heterocycles. The lowest BCUT2D eigenvalue weighted by Gasteiger charge is -2.11. The highest BCUT2D eigenvalue weighted by atomic mass is 16.5. The van der Waals surface area contributed by atoms with E-state index >= 15 is 0 Å². The van der Waals surface area contributed by atoms with E-state index in [4.69, 9.17) is 4.74 Å². The van der Waals surface area contributed by atoms with Crippen LogP contribution in [0, 0.1) is 0 Å². The van der Waals surface area contributed by atoms with Crippen molar-refractivity contribution in [3.05, 3.63) is 84.2 Å². The van der Waals surface area contributed by atoms with Gasteiger partial charge in [0.15, 0.2) is 0 Å². The molecule has 3 heteroatoms. The van der Waals surface area contributed by atoms with Gasteiger partial charge in [-0.15, -0.1) is 0 Å². The van der Waals surface area contributed by atoms with E-state index in [0.29, 0.717) is 12.8 Å². The molecule has 0 radical (unpaired) electrons. The molecule has 0 aliphatic carbocycles. The fraction of sp³-hybridized carbons (Fsp3) is 0.217. The second-order valence-electron chi connectivity index (χ2n) is 6.51. The number of ketones is 1. The van der Waals surface area contributed by atoms with E-state index in [1.807, 2.05) is 49.4 Å². The molecule has 3 nitrogen and oxygen atoms in total. The standard InChI is InChI=1S/C23H23NO2/c1-17(23-13-12-22(26-2)16-24-23)14-21(25)15-18-8-10-20(11-9-18)19-6-4-3-5-7-19/h3-13,16-17H,14-15H2,1-2H3/t17-/m0/s1. The summed E-state index contributed by atoms with van der Waals surface area (Å²) >= 11 is 0. The Kier molecular flexibility index (Phi) is 5.80. The molecule has 3 rings (SSSR count). The molecule has 0 aliphatic heterocycles. The summed E-state index contributed by atoms with van der Waals surface area (Å²) in [7, 11) is 1.62. The van der Waals surface area contributed by atoms with Gasteiger partial charge in [0.25, 0.3) is 0 Å². The van der Waals surface area contributed by atoms with Crippen LogP contribution in [-0.4, -0.2) is 17.9 Å². The van der Waals surface area contributed by atoms with Crippen LogP contribution in [0.25, 0.3) is 11.1 Å². The van der Waals surface area contributed by atoms with Crippen molar-refractivity contribution in [2.75, 3.05) is 7.11 Å². The zero-order valence-corrected chi connectivity index (χ0v) is 15.2. The zero-order valence-electron chi connectivity index (χ0n) is 15.2. The number of rotatable bonds is 7. The second kappa shape index (κ2) is 8.43. The van der Waals surface area contributed by atoms with Crippen LogP contribution in [0.4, 0.5) is 0 Å². The van der Waals surface area contributed by atoms with Crippen LogP contribution in [0.1, 0.15) is 30.5 Å². The molecule has 132 valence electrons. The molecule has 0 unspecified atom stereocenters. The van der Waals surface area contributed by atoms with E-state index < -0.39 is 0 Å². The average molecular weight is 345 g/mol. The summed E-state index contributed by atoms with van der Waals surface area (Å²) in [6.07, 6.45) is 2.63. The van der Waals surface area contributed by atoms with Crippen molar-refractivity contribution in [3.63, 3.8) is 0 Å². The van der Waals surface area contributed by atoms with E-state index in [0.717, 1.165) is 22.6 Å². The third kappa shape index (κ3) is 4.57. The van der Waals surface area contributed by atoms with Crippen molar-refractivity contribution >= 4 is 5.78 Å². The molecule has 0 amide bonds. The Morgan fingerprint density at radius 3 is 2.27 bits per heavy atom. The van der Waals surface area contributed by atoms with Gasteiger partial charge in [-0.05, 0) is 28.8 Å². The molecule has 0 aliphatic rings. The number of carbonyl (C=O) groups is 1. The van der Waals surface area contributed by atoms with Gasteiger partial charge in [-0.3, -0.25) is 9.78 Å². The molecule has 3 aromatic rings. The lowest BCUT2D eigenvalue weighted by Crippen LogP contribution is -2.08. The first-order valence-electron chi connectivity index (χ1n) is 8.81. The van der Waals surface area contributed by atoms with Crippen LogP contribution in [0.5, 0.6) is 5.75 Å². The Balaban J connectivity index is 1.59.